The van der Waals surface area contributed by atoms with E-state index < -0.39 is 0 Å². The fraction of sp³-hybridized carbons (Fsp3) is 0.533. The van der Waals surface area contributed by atoms with Crippen LogP contribution in [-0.2, 0) is 0 Å². The molecule has 1 aliphatic rings. The monoisotopic (exact) mass is 265 g/mol. The van der Waals surface area contributed by atoms with Gasteiger partial charge in [0.2, 0.25) is 0 Å². The molecule has 3 heteroatoms. The molecule has 98 valence electrons. The average molecular weight is 266 g/mol. The third kappa shape index (κ3) is 3.33. The Morgan fingerprint density at radius 1 is 1.33 bits per heavy atom. The van der Waals surface area contributed by atoms with Crippen molar-refractivity contribution < 1.29 is 4.79 Å². The summed E-state index contributed by atoms with van der Waals surface area (Å²) >= 11 is 5.83. The van der Waals surface area contributed by atoms with Gasteiger partial charge in [0.15, 0.2) is 5.78 Å². The lowest BCUT2D eigenvalue weighted by atomic mass is 9.93. The first-order valence-corrected chi connectivity index (χ1v) is 6.97. The number of rotatable bonds is 3. The molecule has 1 aliphatic heterocycles. The Morgan fingerprint density at radius 2 is 2.00 bits per heavy atom. The molecule has 1 aromatic carbocycles. The van der Waals surface area contributed by atoms with Gasteiger partial charge in [0.25, 0.3) is 0 Å². The zero-order valence-electron chi connectivity index (χ0n) is 11.0. The van der Waals surface area contributed by atoms with E-state index in [0.717, 1.165) is 18.0 Å². The largest absolute Gasteiger partial charge is 0.293 e. The fourth-order valence-electron chi connectivity index (χ4n) is 2.60. The topological polar surface area (TPSA) is 20.3 Å². The summed E-state index contributed by atoms with van der Waals surface area (Å²) in [6, 6.07) is 7.67. The molecule has 1 aromatic rings. The Labute approximate surface area is 114 Å². The van der Waals surface area contributed by atoms with Crippen LogP contribution < -0.4 is 0 Å². The van der Waals surface area contributed by atoms with E-state index in [4.69, 9.17) is 11.6 Å². The third-order valence-electron chi connectivity index (χ3n) is 3.79. The Kier molecular flexibility index (Phi) is 4.41. The lowest BCUT2D eigenvalue weighted by molar-refractivity contribution is 0.0816. The second-order valence-electron chi connectivity index (χ2n) is 5.38. The number of piperidine rings is 1. The highest BCUT2D eigenvalue weighted by Gasteiger charge is 2.24. The molecule has 0 N–H and O–H groups in total. The molecule has 2 nitrogen and oxygen atoms in total. The Balaban J connectivity index is 1.97. The highest BCUT2D eigenvalue weighted by Crippen LogP contribution is 2.22. The number of Topliss-reactive ketones (excluding diaryl/α,β-unsaturated/α-hetero) is 1. The van der Waals surface area contributed by atoms with E-state index in [9.17, 15) is 4.79 Å². The van der Waals surface area contributed by atoms with Gasteiger partial charge in [-0.25, -0.2) is 0 Å². The summed E-state index contributed by atoms with van der Waals surface area (Å²) < 4.78 is 0. The van der Waals surface area contributed by atoms with Crippen LogP contribution in [-0.4, -0.2) is 29.8 Å². The molecule has 1 saturated heterocycles. The number of likely N-dealkylation sites (tertiary alicyclic amines) is 1. The van der Waals surface area contributed by atoms with E-state index in [1.165, 1.54) is 12.8 Å². The quantitative estimate of drug-likeness (QED) is 0.778. The van der Waals surface area contributed by atoms with Crippen LogP contribution in [0, 0.1) is 5.92 Å². The van der Waals surface area contributed by atoms with Crippen molar-refractivity contribution in [2.45, 2.75) is 32.7 Å². The lowest BCUT2D eigenvalue weighted by Crippen LogP contribution is -2.43. The first-order chi connectivity index (χ1) is 8.56. The minimum atomic E-state index is 0.188. The van der Waals surface area contributed by atoms with Gasteiger partial charge in [0.1, 0.15) is 0 Å². The zero-order valence-corrected chi connectivity index (χ0v) is 11.8. The third-order valence-corrected chi connectivity index (χ3v) is 4.04. The van der Waals surface area contributed by atoms with Crippen LogP contribution in [0.5, 0.6) is 0 Å². The molecular weight excluding hydrogens is 246 g/mol. The van der Waals surface area contributed by atoms with Crippen molar-refractivity contribution in [1.29, 1.82) is 0 Å². The summed E-state index contributed by atoms with van der Waals surface area (Å²) in [5, 5.41) is 0.673. The van der Waals surface area contributed by atoms with Crippen molar-refractivity contribution in [3.8, 4) is 0 Å². The van der Waals surface area contributed by atoms with Crippen LogP contribution in [0.1, 0.15) is 37.0 Å². The molecule has 2 rings (SSSR count). The molecule has 2 atom stereocenters. The summed E-state index contributed by atoms with van der Waals surface area (Å²) in [6.45, 7) is 6.05. The van der Waals surface area contributed by atoms with Crippen LogP contribution in [0.4, 0.5) is 0 Å². The van der Waals surface area contributed by atoms with Crippen molar-refractivity contribution in [3.05, 3.63) is 34.9 Å². The number of ketones is 1. The van der Waals surface area contributed by atoms with Gasteiger partial charge in [-0.1, -0.05) is 18.5 Å². The summed E-state index contributed by atoms with van der Waals surface area (Å²) in [7, 11) is 0. The van der Waals surface area contributed by atoms with Crippen molar-refractivity contribution in [1.82, 2.24) is 4.90 Å². The molecule has 0 bridgehead atoms. The van der Waals surface area contributed by atoms with E-state index in [2.05, 4.69) is 18.7 Å². The van der Waals surface area contributed by atoms with Crippen LogP contribution in [0.15, 0.2) is 24.3 Å². The normalized spacial score (nSPS) is 25.1. The summed E-state index contributed by atoms with van der Waals surface area (Å²) in [6.07, 6.45) is 2.38. The molecule has 0 aromatic heterocycles. The maximum Gasteiger partial charge on any atom is 0.176 e. The highest BCUT2D eigenvalue weighted by molar-refractivity contribution is 6.30. The summed E-state index contributed by atoms with van der Waals surface area (Å²) in [5.74, 6) is 0.968. The van der Waals surface area contributed by atoms with Gasteiger partial charge < -0.3 is 0 Å². The molecule has 0 aliphatic carbocycles. The molecular formula is C15H20ClNO. The van der Waals surface area contributed by atoms with Crippen molar-refractivity contribution in [2.24, 2.45) is 5.92 Å². The number of halogens is 1. The van der Waals surface area contributed by atoms with Crippen LogP contribution in [0.25, 0.3) is 0 Å². The van der Waals surface area contributed by atoms with E-state index in [1.807, 2.05) is 12.1 Å². The number of hydrogen-bond acceptors (Lipinski definition) is 2. The molecule has 18 heavy (non-hydrogen) atoms. The number of carbonyl (C=O) groups is 1. The predicted octanol–water partition coefficient (Wildman–Crippen LogP) is 3.64. The van der Waals surface area contributed by atoms with Crippen LogP contribution >= 0.6 is 11.6 Å². The van der Waals surface area contributed by atoms with E-state index in [-0.39, 0.29) is 5.78 Å². The first-order valence-electron chi connectivity index (χ1n) is 6.59. The van der Waals surface area contributed by atoms with Gasteiger partial charge in [0.05, 0.1) is 6.54 Å². The van der Waals surface area contributed by atoms with E-state index >= 15 is 0 Å². The maximum atomic E-state index is 12.2. The Bertz CT molecular complexity index is 415. The Morgan fingerprint density at radius 3 is 2.61 bits per heavy atom. The number of hydrogen-bond donors (Lipinski definition) is 0. The van der Waals surface area contributed by atoms with Gasteiger partial charge in [-0.15, -0.1) is 0 Å². The van der Waals surface area contributed by atoms with E-state index in [1.54, 1.807) is 12.1 Å². The van der Waals surface area contributed by atoms with Crippen molar-refractivity contribution in [2.75, 3.05) is 13.1 Å². The minimum absolute atomic E-state index is 0.188. The van der Waals surface area contributed by atoms with Gasteiger partial charge in [0, 0.05) is 16.6 Å². The molecule has 1 fully saturated rings. The number of nitrogens with zero attached hydrogens (tertiary/aromatic N) is 1. The predicted molar refractivity (Wildman–Crippen MR) is 75.2 cm³/mol. The molecule has 0 saturated carbocycles. The minimum Gasteiger partial charge on any atom is -0.293 e. The first kappa shape index (κ1) is 13.6. The van der Waals surface area contributed by atoms with Gasteiger partial charge in [-0.05, 0) is 56.5 Å². The van der Waals surface area contributed by atoms with Gasteiger partial charge in [-0.2, -0.15) is 0 Å². The van der Waals surface area contributed by atoms with Crippen molar-refractivity contribution >= 4 is 17.4 Å². The lowest BCUT2D eigenvalue weighted by Gasteiger charge is -2.35. The number of carbonyl (C=O) groups excluding carboxylic acids is 1. The Hall–Kier alpha value is -0.860. The summed E-state index contributed by atoms with van der Waals surface area (Å²) in [4.78, 5) is 14.5. The SMILES string of the molecule is CC1CCN(CC(=O)c2ccc(Cl)cc2)C(C)C1. The summed E-state index contributed by atoms with van der Waals surface area (Å²) in [5.41, 5.74) is 0.755. The smallest absolute Gasteiger partial charge is 0.176 e. The second kappa shape index (κ2) is 5.85. The molecule has 0 amide bonds. The average Bonchev–Trinajstić information content (AvgIpc) is 2.33. The highest BCUT2D eigenvalue weighted by atomic mass is 35.5. The fourth-order valence-corrected chi connectivity index (χ4v) is 2.73. The van der Waals surface area contributed by atoms with Crippen LogP contribution in [0.2, 0.25) is 5.02 Å². The zero-order chi connectivity index (χ0) is 13.1. The van der Waals surface area contributed by atoms with Crippen molar-refractivity contribution in [3.63, 3.8) is 0 Å². The maximum absolute atomic E-state index is 12.2. The molecule has 1 heterocycles. The molecule has 2 unspecified atom stereocenters. The standard InChI is InChI=1S/C15H20ClNO/c1-11-7-8-17(12(2)9-11)10-15(18)13-3-5-14(16)6-4-13/h3-6,11-12H,7-10H2,1-2H3. The molecule has 0 radical (unpaired) electrons. The molecule has 0 spiro atoms. The van der Waals surface area contributed by atoms with Crippen LogP contribution in [0.3, 0.4) is 0 Å². The van der Waals surface area contributed by atoms with E-state index in [0.29, 0.717) is 17.6 Å². The van der Waals surface area contributed by atoms with Gasteiger partial charge in [-0.3, -0.25) is 9.69 Å². The second-order valence-corrected chi connectivity index (χ2v) is 5.82. The van der Waals surface area contributed by atoms with Gasteiger partial charge >= 0.3 is 0 Å². The number of benzene rings is 1.